The molecule has 1 aliphatic heterocycles. The maximum atomic E-state index is 13.0. The van der Waals surface area contributed by atoms with Crippen LogP contribution in [0.1, 0.15) is 28.4 Å². The first kappa shape index (κ1) is 22.2. The number of nitrogens with zero attached hydrogens (tertiary/aromatic N) is 1. The van der Waals surface area contributed by atoms with Crippen LogP contribution in [0.25, 0.3) is 0 Å². The van der Waals surface area contributed by atoms with E-state index in [4.69, 9.17) is 14.2 Å². The molecule has 0 radical (unpaired) electrons. The van der Waals surface area contributed by atoms with E-state index in [1.54, 1.807) is 48.2 Å². The minimum Gasteiger partial charge on any atom is -0.497 e. The number of rotatable bonds is 6. The molecule has 7 nitrogen and oxygen atoms in total. The van der Waals surface area contributed by atoms with E-state index in [0.717, 1.165) is 11.1 Å². The fraction of sp³-hybridized carbons (Fsp3) is 0.231. The van der Waals surface area contributed by atoms with Crippen LogP contribution in [0.2, 0.25) is 0 Å². The van der Waals surface area contributed by atoms with Crippen LogP contribution >= 0.6 is 0 Å². The topological polar surface area (TPSA) is 77.1 Å². The van der Waals surface area contributed by atoms with Gasteiger partial charge in [0, 0.05) is 17.3 Å². The minimum absolute atomic E-state index is 0.133. The van der Waals surface area contributed by atoms with Crippen molar-refractivity contribution in [3.05, 3.63) is 77.4 Å². The lowest BCUT2D eigenvalue weighted by molar-refractivity contribution is -0.125. The van der Waals surface area contributed by atoms with Crippen LogP contribution in [0, 0.1) is 6.92 Å². The number of fused-ring (bicyclic) bond motifs is 1. The molecule has 4 rings (SSSR count). The Morgan fingerprint density at radius 1 is 1.03 bits per heavy atom. The Balaban J connectivity index is 1.64. The van der Waals surface area contributed by atoms with Crippen LogP contribution < -0.4 is 24.4 Å². The summed E-state index contributed by atoms with van der Waals surface area (Å²) in [5.41, 5.74) is 3.69. The summed E-state index contributed by atoms with van der Waals surface area (Å²) in [6.07, 6.45) is -0.591. The number of benzene rings is 3. The van der Waals surface area contributed by atoms with Crippen LogP contribution in [-0.2, 0) is 11.3 Å². The molecule has 1 heterocycles. The molecule has 1 unspecified atom stereocenters. The molecule has 3 aromatic carbocycles. The van der Waals surface area contributed by atoms with Crippen LogP contribution in [0.4, 0.5) is 11.4 Å². The highest BCUT2D eigenvalue weighted by molar-refractivity contribution is 6.06. The molecule has 3 aromatic rings. The van der Waals surface area contributed by atoms with Gasteiger partial charge in [0.1, 0.15) is 17.2 Å². The molecule has 0 spiro atoms. The summed E-state index contributed by atoms with van der Waals surface area (Å²) in [5, 5.41) is 2.89. The lowest BCUT2D eigenvalue weighted by Gasteiger charge is -2.33. The second kappa shape index (κ2) is 9.24. The molecule has 2 amide bonds. The molecular weight excluding hydrogens is 420 g/mol. The van der Waals surface area contributed by atoms with Crippen molar-refractivity contribution in [1.82, 2.24) is 0 Å². The van der Waals surface area contributed by atoms with Gasteiger partial charge in [-0.3, -0.25) is 9.59 Å². The lowest BCUT2D eigenvalue weighted by atomic mass is 10.1. The van der Waals surface area contributed by atoms with Crippen molar-refractivity contribution in [1.29, 1.82) is 0 Å². The molecule has 0 bridgehead atoms. The van der Waals surface area contributed by atoms with Gasteiger partial charge in [-0.2, -0.15) is 0 Å². The molecule has 170 valence electrons. The predicted octanol–water partition coefficient (Wildman–Crippen LogP) is 4.58. The van der Waals surface area contributed by atoms with Crippen molar-refractivity contribution in [3.8, 4) is 17.2 Å². The number of aryl methyl sites for hydroxylation is 1. The number of carbonyl (C=O) groups is 2. The van der Waals surface area contributed by atoms with Gasteiger partial charge in [0.15, 0.2) is 6.10 Å². The van der Waals surface area contributed by atoms with Gasteiger partial charge in [-0.25, -0.2) is 0 Å². The van der Waals surface area contributed by atoms with Gasteiger partial charge in [0.25, 0.3) is 11.8 Å². The summed E-state index contributed by atoms with van der Waals surface area (Å²) in [5.74, 6) is 1.17. The quantitative estimate of drug-likeness (QED) is 0.600. The summed E-state index contributed by atoms with van der Waals surface area (Å²) in [7, 11) is 3.06. The number of carbonyl (C=O) groups excluding carboxylic acids is 2. The zero-order chi connectivity index (χ0) is 23.5. The number of methoxy groups -OCH3 is 2. The van der Waals surface area contributed by atoms with Crippen molar-refractivity contribution in [2.75, 3.05) is 24.4 Å². The first-order valence-corrected chi connectivity index (χ1v) is 10.6. The second-order valence-corrected chi connectivity index (χ2v) is 7.85. The first-order valence-electron chi connectivity index (χ1n) is 10.6. The summed E-state index contributed by atoms with van der Waals surface area (Å²) in [6, 6.07) is 18.2. The van der Waals surface area contributed by atoms with Crippen molar-refractivity contribution >= 4 is 23.2 Å². The predicted molar refractivity (Wildman–Crippen MR) is 126 cm³/mol. The third-order valence-electron chi connectivity index (χ3n) is 5.63. The zero-order valence-corrected chi connectivity index (χ0v) is 19.0. The van der Waals surface area contributed by atoms with Crippen molar-refractivity contribution in [2.24, 2.45) is 0 Å². The van der Waals surface area contributed by atoms with Gasteiger partial charge in [0.2, 0.25) is 0 Å². The Bertz CT molecular complexity index is 1180. The molecule has 0 saturated carbocycles. The third-order valence-corrected chi connectivity index (χ3v) is 5.63. The van der Waals surface area contributed by atoms with E-state index < -0.39 is 6.10 Å². The van der Waals surface area contributed by atoms with E-state index in [1.165, 1.54) is 14.2 Å². The fourth-order valence-corrected chi connectivity index (χ4v) is 3.75. The molecular formula is C26H26N2O5. The van der Waals surface area contributed by atoms with E-state index >= 15 is 0 Å². The summed E-state index contributed by atoms with van der Waals surface area (Å²) < 4.78 is 16.3. The van der Waals surface area contributed by atoms with Crippen LogP contribution in [0.5, 0.6) is 17.2 Å². The maximum Gasteiger partial charge on any atom is 0.268 e. The van der Waals surface area contributed by atoms with E-state index in [0.29, 0.717) is 40.7 Å². The van der Waals surface area contributed by atoms with Gasteiger partial charge in [-0.05, 0) is 55.3 Å². The Kier molecular flexibility index (Phi) is 6.22. The molecule has 0 aromatic heterocycles. The number of hydrogen-bond acceptors (Lipinski definition) is 5. The average Bonchev–Trinajstić information content (AvgIpc) is 2.83. The van der Waals surface area contributed by atoms with Gasteiger partial charge >= 0.3 is 0 Å². The molecule has 1 N–H and O–H groups in total. The van der Waals surface area contributed by atoms with Crippen molar-refractivity contribution in [2.45, 2.75) is 26.5 Å². The van der Waals surface area contributed by atoms with E-state index in [1.807, 2.05) is 31.2 Å². The zero-order valence-electron chi connectivity index (χ0n) is 19.0. The monoisotopic (exact) mass is 446 g/mol. The lowest BCUT2D eigenvalue weighted by Crippen LogP contribution is -2.44. The standard InChI is InChI=1S/C26H26N2O5/c1-16-7-5-6-8-18(16)15-28-23-13-20(9-10-24(23)33-17(2)26(28)30)27-25(29)19-11-21(31-3)14-22(12-19)32-4/h5-14,17H,15H2,1-4H3,(H,27,29). The number of hydrogen-bond donors (Lipinski definition) is 1. The fourth-order valence-electron chi connectivity index (χ4n) is 3.75. The highest BCUT2D eigenvalue weighted by Gasteiger charge is 2.32. The van der Waals surface area contributed by atoms with Crippen LogP contribution in [-0.4, -0.2) is 32.1 Å². The number of ether oxygens (including phenoxy) is 3. The SMILES string of the molecule is COc1cc(OC)cc(C(=O)Nc2ccc3c(c2)N(Cc2ccccc2C)C(=O)C(C)O3)c1. The van der Waals surface area contributed by atoms with Gasteiger partial charge in [-0.15, -0.1) is 0 Å². The van der Waals surface area contributed by atoms with Crippen molar-refractivity contribution < 1.29 is 23.8 Å². The highest BCUT2D eigenvalue weighted by Crippen LogP contribution is 2.37. The summed E-state index contributed by atoms with van der Waals surface area (Å²) >= 11 is 0. The molecule has 1 atom stereocenters. The second-order valence-electron chi connectivity index (χ2n) is 7.85. The van der Waals surface area contributed by atoms with E-state index in [-0.39, 0.29) is 11.8 Å². The maximum absolute atomic E-state index is 13.0. The van der Waals surface area contributed by atoms with Gasteiger partial charge < -0.3 is 24.4 Å². The molecule has 33 heavy (non-hydrogen) atoms. The van der Waals surface area contributed by atoms with Crippen LogP contribution in [0.15, 0.2) is 60.7 Å². The number of amides is 2. The molecule has 1 aliphatic rings. The Morgan fingerprint density at radius 3 is 2.39 bits per heavy atom. The first-order chi connectivity index (χ1) is 15.9. The average molecular weight is 447 g/mol. The third kappa shape index (κ3) is 4.62. The largest absolute Gasteiger partial charge is 0.497 e. The highest BCUT2D eigenvalue weighted by atomic mass is 16.5. The Labute approximate surface area is 192 Å². The van der Waals surface area contributed by atoms with E-state index in [2.05, 4.69) is 5.32 Å². The number of anilines is 2. The molecule has 0 aliphatic carbocycles. The molecule has 7 heteroatoms. The smallest absolute Gasteiger partial charge is 0.268 e. The van der Waals surface area contributed by atoms with Gasteiger partial charge in [0.05, 0.1) is 26.5 Å². The number of nitrogens with one attached hydrogen (secondary N) is 1. The van der Waals surface area contributed by atoms with Crippen molar-refractivity contribution in [3.63, 3.8) is 0 Å². The van der Waals surface area contributed by atoms with Gasteiger partial charge in [-0.1, -0.05) is 24.3 Å². The van der Waals surface area contributed by atoms with E-state index in [9.17, 15) is 9.59 Å². The summed E-state index contributed by atoms with van der Waals surface area (Å²) in [4.78, 5) is 27.6. The molecule has 0 fully saturated rings. The molecule has 0 saturated heterocycles. The minimum atomic E-state index is -0.591. The summed E-state index contributed by atoms with van der Waals surface area (Å²) in [6.45, 7) is 4.17. The Morgan fingerprint density at radius 2 is 1.73 bits per heavy atom. The normalized spacial score (nSPS) is 14.8. The Hall–Kier alpha value is -4.00. The van der Waals surface area contributed by atoms with Crippen LogP contribution in [0.3, 0.4) is 0 Å².